The smallest absolute Gasteiger partial charge is 0.213 e. The molecular formula is C28H32F2N6O2. The van der Waals surface area contributed by atoms with E-state index >= 15 is 4.39 Å². The summed E-state index contributed by atoms with van der Waals surface area (Å²) in [4.78, 5) is 10.2. The number of ether oxygens (including phenoxy) is 1. The van der Waals surface area contributed by atoms with Crippen molar-refractivity contribution in [2.75, 3.05) is 11.9 Å². The van der Waals surface area contributed by atoms with Gasteiger partial charge in [-0.05, 0) is 70.1 Å². The molecule has 38 heavy (non-hydrogen) atoms. The number of phenols is 1. The van der Waals surface area contributed by atoms with E-state index in [1.54, 1.807) is 12.3 Å². The maximum absolute atomic E-state index is 16.0. The van der Waals surface area contributed by atoms with Crippen molar-refractivity contribution in [1.29, 1.82) is 0 Å². The van der Waals surface area contributed by atoms with Crippen LogP contribution in [0.25, 0.3) is 22.5 Å². The summed E-state index contributed by atoms with van der Waals surface area (Å²) in [6, 6.07) is 5.39. The highest BCUT2D eigenvalue weighted by Crippen LogP contribution is 2.46. The van der Waals surface area contributed by atoms with Gasteiger partial charge in [0.25, 0.3) is 0 Å². The Balaban J connectivity index is 1.26. The molecule has 0 radical (unpaired) electrons. The molecule has 0 spiro atoms. The Morgan fingerprint density at radius 2 is 1.97 bits per heavy atom. The van der Waals surface area contributed by atoms with Gasteiger partial charge in [-0.2, -0.15) is 0 Å². The summed E-state index contributed by atoms with van der Waals surface area (Å²) >= 11 is 0. The van der Waals surface area contributed by atoms with Crippen LogP contribution in [0.2, 0.25) is 0 Å². The van der Waals surface area contributed by atoms with E-state index in [1.807, 2.05) is 6.92 Å². The number of nitrogens with one attached hydrogen (secondary N) is 1. The number of rotatable bonds is 6. The second kappa shape index (κ2) is 9.11. The van der Waals surface area contributed by atoms with Gasteiger partial charge in [0, 0.05) is 28.7 Å². The van der Waals surface area contributed by atoms with E-state index < -0.39 is 24.6 Å². The van der Waals surface area contributed by atoms with E-state index in [4.69, 9.17) is 8.85 Å². The van der Waals surface area contributed by atoms with Gasteiger partial charge < -0.3 is 20.1 Å². The van der Waals surface area contributed by atoms with Crippen molar-refractivity contribution in [1.82, 2.24) is 25.5 Å². The monoisotopic (exact) mass is 525 g/mol. The summed E-state index contributed by atoms with van der Waals surface area (Å²) in [5, 5.41) is 23.1. The zero-order chi connectivity index (χ0) is 29.2. The molecule has 3 aliphatic rings. The molecule has 10 heteroatoms. The number of halogens is 2. The maximum atomic E-state index is 16.0. The number of alkyl halides is 1. The Morgan fingerprint density at radius 1 is 1.13 bits per heavy atom. The largest absolute Gasteiger partial charge is 0.507 e. The molecule has 1 aliphatic carbocycles. The van der Waals surface area contributed by atoms with Crippen LogP contribution >= 0.6 is 0 Å². The lowest BCUT2D eigenvalue weighted by atomic mass is 9.68. The average Bonchev–Trinajstić information content (AvgIpc) is 3.73. The number of piperidine rings is 2. The Labute approximate surface area is 224 Å². The van der Waals surface area contributed by atoms with Gasteiger partial charge in [-0.3, -0.25) is 0 Å². The van der Waals surface area contributed by atoms with Crippen LogP contribution in [0.1, 0.15) is 56.5 Å². The van der Waals surface area contributed by atoms with E-state index in [1.165, 1.54) is 12.1 Å². The third-order valence-corrected chi connectivity index (χ3v) is 8.21. The molecular weight excluding hydrogens is 490 g/mol. The van der Waals surface area contributed by atoms with E-state index in [0.29, 0.717) is 12.2 Å². The van der Waals surface area contributed by atoms with Crippen LogP contribution < -0.4 is 15.0 Å². The third kappa shape index (κ3) is 4.34. The van der Waals surface area contributed by atoms with Crippen molar-refractivity contribution in [2.45, 2.75) is 81.7 Å². The van der Waals surface area contributed by atoms with Gasteiger partial charge in [0.15, 0.2) is 11.6 Å². The normalized spacial score (nSPS) is 30.2. The number of phenolic OH excluding ortho intramolecular Hbond substituents is 1. The molecule has 8 nitrogen and oxygen atoms in total. The summed E-state index contributed by atoms with van der Waals surface area (Å²) < 4.78 is 57.0. The molecule has 4 heterocycles. The zero-order valence-corrected chi connectivity index (χ0v) is 21.3. The van der Waals surface area contributed by atoms with E-state index in [2.05, 4.69) is 37.3 Å². The number of hydrogen-bond acceptors (Lipinski definition) is 8. The number of methoxy groups -OCH3 is 1. The Bertz CT molecular complexity index is 1460. The third-order valence-electron chi connectivity index (χ3n) is 8.21. The Kier molecular flexibility index (Phi) is 5.16. The first kappa shape index (κ1) is 21.5. The molecule has 3 fully saturated rings. The first-order valence-corrected chi connectivity index (χ1v) is 12.9. The van der Waals surface area contributed by atoms with Gasteiger partial charge in [0.05, 0.1) is 35.1 Å². The molecule has 2 aliphatic heterocycles. The van der Waals surface area contributed by atoms with E-state index in [-0.39, 0.29) is 51.8 Å². The topological polar surface area (TPSA) is 96.3 Å². The van der Waals surface area contributed by atoms with Gasteiger partial charge in [-0.25, -0.2) is 18.7 Å². The maximum Gasteiger partial charge on any atom is 0.213 e. The second-order valence-corrected chi connectivity index (χ2v) is 11.2. The quantitative estimate of drug-likeness (QED) is 0.473. The zero-order valence-electron chi connectivity index (χ0n) is 24.3. The molecule has 2 N–H and O–H groups in total. The standard InChI is InChI=1S/C28H32F2N6O2/c1-27-9-4-10-28(2,35-27)25(30)21(13-27)36(17-6-7-17)23-15-32-26(34-33-23)18-8-5-16(11-22(18)37)19-12-24(38-3)31-14-20(19)29/h5,8,11-12,14-15,17,21,25,35,37H,4,6-7,9-10,13H2,1-3H3/t21-,25-,27-,28+/m0/s1/i3D3. The Hall–Kier alpha value is -3.40. The van der Waals surface area contributed by atoms with Crippen molar-refractivity contribution in [3.05, 3.63) is 42.5 Å². The lowest BCUT2D eigenvalue weighted by molar-refractivity contribution is 0.000258. The minimum Gasteiger partial charge on any atom is -0.507 e. The number of fused-ring (bicyclic) bond motifs is 2. The average molecular weight is 526 g/mol. The van der Waals surface area contributed by atoms with Crippen molar-refractivity contribution in [2.24, 2.45) is 0 Å². The summed E-state index contributed by atoms with van der Waals surface area (Å²) in [5.74, 6) is -0.542. The molecule has 2 saturated heterocycles. The molecule has 1 saturated carbocycles. The number of anilines is 1. The fraction of sp³-hybridized carbons (Fsp3) is 0.500. The summed E-state index contributed by atoms with van der Waals surface area (Å²) in [7, 11) is -2.74. The van der Waals surface area contributed by atoms with Crippen LogP contribution in [0.5, 0.6) is 11.6 Å². The van der Waals surface area contributed by atoms with Crippen LogP contribution in [0.15, 0.2) is 36.7 Å². The van der Waals surface area contributed by atoms with Gasteiger partial charge >= 0.3 is 0 Å². The van der Waals surface area contributed by atoms with E-state index in [0.717, 1.165) is 44.4 Å². The number of benzene rings is 1. The molecule has 1 aromatic carbocycles. The molecule has 2 aromatic heterocycles. The van der Waals surface area contributed by atoms with Crippen molar-refractivity contribution < 1.29 is 22.7 Å². The summed E-state index contributed by atoms with van der Waals surface area (Å²) in [5.41, 5.74) is -0.177. The molecule has 4 atom stereocenters. The molecule has 3 aromatic rings. The van der Waals surface area contributed by atoms with Gasteiger partial charge in [-0.15, -0.1) is 10.2 Å². The van der Waals surface area contributed by atoms with Crippen LogP contribution in [0, 0.1) is 5.82 Å². The molecule has 200 valence electrons. The van der Waals surface area contributed by atoms with Crippen LogP contribution in [-0.2, 0) is 0 Å². The number of hydrogen-bond donors (Lipinski definition) is 2. The highest BCUT2D eigenvalue weighted by molar-refractivity contribution is 5.73. The van der Waals surface area contributed by atoms with Crippen molar-refractivity contribution >= 4 is 5.82 Å². The highest BCUT2D eigenvalue weighted by atomic mass is 19.1. The SMILES string of the molecule is [2H]C([2H])([2H])Oc1cc(-c2ccc(-c3ncc(N(C4CC4)[C@H]4C[C@]5(C)CCC[C@@](C)(N5)[C@H]4F)nn3)c(O)c2)c(F)cn1. The van der Waals surface area contributed by atoms with Gasteiger partial charge in [-0.1, -0.05) is 6.07 Å². The molecule has 6 rings (SSSR count). The molecule has 0 unspecified atom stereocenters. The fourth-order valence-electron chi connectivity index (χ4n) is 6.33. The molecule has 2 bridgehead atoms. The Morgan fingerprint density at radius 3 is 2.68 bits per heavy atom. The van der Waals surface area contributed by atoms with Crippen LogP contribution in [0.4, 0.5) is 14.6 Å². The predicted molar refractivity (Wildman–Crippen MR) is 139 cm³/mol. The van der Waals surface area contributed by atoms with E-state index in [9.17, 15) is 9.50 Å². The van der Waals surface area contributed by atoms with Gasteiger partial charge in [0.2, 0.25) is 5.88 Å². The second-order valence-electron chi connectivity index (χ2n) is 11.2. The lowest BCUT2D eigenvalue weighted by Gasteiger charge is -2.57. The number of nitrogens with zero attached hydrogens (tertiary/aromatic N) is 5. The van der Waals surface area contributed by atoms with Crippen LogP contribution in [-0.4, -0.2) is 61.6 Å². The minimum absolute atomic E-state index is 0.00507. The number of aromatic hydroxyl groups is 1. The van der Waals surface area contributed by atoms with Crippen molar-refractivity contribution in [3.63, 3.8) is 0 Å². The van der Waals surface area contributed by atoms with Crippen molar-refractivity contribution in [3.8, 4) is 34.1 Å². The summed E-state index contributed by atoms with van der Waals surface area (Å²) in [6.45, 7) is 4.15. The van der Waals surface area contributed by atoms with Gasteiger partial charge in [0.1, 0.15) is 17.7 Å². The first-order valence-electron chi connectivity index (χ1n) is 14.4. The number of aromatic nitrogens is 4. The first-order chi connectivity index (χ1) is 19.3. The fourth-order valence-corrected chi connectivity index (χ4v) is 6.33. The lowest BCUT2D eigenvalue weighted by Crippen LogP contribution is -2.73. The number of pyridine rings is 1. The minimum atomic E-state index is -2.74. The molecule has 0 amide bonds. The predicted octanol–water partition coefficient (Wildman–Crippen LogP) is 4.82. The highest BCUT2D eigenvalue weighted by Gasteiger charge is 2.55. The van der Waals surface area contributed by atoms with Crippen LogP contribution in [0.3, 0.4) is 0 Å². The summed E-state index contributed by atoms with van der Waals surface area (Å²) in [6.07, 6.45) is 6.72.